The number of benzene rings is 1. The van der Waals surface area contributed by atoms with E-state index in [0.29, 0.717) is 12.4 Å². The number of hydrogen-bond donors (Lipinski definition) is 0. The molecule has 1 aromatic carbocycles. The molecule has 0 bridgehead atoms. The Morgan fingerprint density at radius 2 is 1.90 bits per heavy atom. The molecule has 0 saturated carbocycles. The zero-order valence-electron chi connectivity index (χ0n) is 12.5. The minimum Gasteiger partial charge on any atom is -0.494 e. The molecule has 21 heavy (non-hydrogen) atoms. The Hall–Kier alpha value is -1.66. The Labute approximate surface area is 124 Å². The summed E-state index contributed by atoms with van der Waals surface area (Å²) in [6, 6.07) is 6.19. The fourth-order valence-electron chi connectivity index (χ4n) is 2.61. The van der Waals surface area contributed by atoms with Crippen LogP contribution in [-0.4, -0.2) is 48.3 Å². The molecule has 1 fully saturated rings. The lowest BCUT2D eigenvalue weighted by atomic mass is 10.2. The van der Waals surface area contributed by atoms with Crippen LogP contribution in [0.3, 0.4) is 0 Å². The maximum Gasteiger partial charge on any atom is 0.269 e. The molecular weight excluding hydrogens is 272 g/mol. The smallest absolute Gasteiger partial charge is 0.269 e. The number of nitrogens with zero attached hydrogens (tertiary/aromatic N) is 2. The normalized spacial score (nSPS) is 23.0. The van der Waals surface area contributed by atoms with E-state index in [1.165, 1.54) is 12.1 Å². The maximum absolute atomic E-state index is 10.5. The molecule has 1 aliphatic heterocycles. The minimum atomic E-state index is -0.412. The van der Waals surface area contributed by atoms with Crippen LogP contribution in [0, 0.1) is 10.1 Å². The summed E-state index contributed by atoms with van der Waals surface area (Å²) in [4.78, 5) is 12.5. The number of morpholine rings is 1. The van der Waals surface area contributed by atoms with Gasteiger partial charge in [-0.05, 0) is 32.4 Å². The summed E-state index contributed by atoms with van der Waals surface area (Å²) < 4.78 is 11.3. The zero-order chi connectivity index (χ0) is 15.2. The molecule has 6 nitrogen and oxygen atoms in total. The molecular formula is C15H22N2O4. The molecule has 0 unspecified atom stereocenters. The maximum atomic E-state index is 10.5. The van der Waals surface area contributed by atoms with Crippen molar-refractivity contribution in [3.63, 3.8) is 0 Å². The van der Waals surface area contributed by atoms with Gasteiger partial charge in [-0.1, -0.05) is 0 Å². The molecule has 1 saturated heterocycles. The fourth-order valence-corrected chi connectivity index (χ4v) is 2.61. The highest BCUT2D eigenvalue weighted by atomic mass is 16.6. The summed E-state index contributed by atoms with van der Waals surface area (Å²) in [5.41, 5.74) is 0.0821. The predicted molar refractivity (Wildman–Crippen MR) is 79.7 cm³/mol. The van der Waals surface area contributed by atoms with Crippen LogP contribution in [0.15, 0.2) is 24.3 Å². The Balaban J connectivity index is 1.68. The third-order valence-electron chi connectivity index (χ3n) is 3.43. The van der Waals surface area contributed by atoms with Crippen molar-refractivity contribution in [3.05, 3.63) is 34.4 Å². The fraction of sp³-hybridized carbons (Fsp3) is 0.600. The number of hydrogen-bond acceptors (Lipinski definition) is 5. The van der Waals surface area contributed by atoms with Crippen molar-refractivity contribution in [3.8, 4) is 5.75 Å². The van der Waals surface area contributed by atoms with Crippen LogP contribution in [0.2, 0.25) is 0 Å². The highest BCUT2D eigenvalue weighted by molar-refractivity contribution is 5.35. The molecule has 1 heterocycles. The van der Waals surface area contributed by atoms with Gasteiger partial charge in [0.2, 0.25) is 0 Å². The van der Waals surface area contributed by atoms with E-state index < -0.39 is 4.92 Å². The highest BCUT2D eigenvalue weighted by Gasteiger charge is 2.21. The number of nitro benzene ring substituents is 1. The first-order valence-corrected chi connectivity index (χ1v) is 7.29. The van der Waals surface area contributed by atoms with Crippen LogP contribution in [0.4, 0.5) is 5.69 Å². The van der Waals surface area contributed by atoms with Gasteiger partial charge in [-0.25, -0.2) is 0 Å². The van der Waals surface area contributed by atoms with Crippen LogP contribution in [0.5, 0.6) is 5.75 Å². The first kappa shape index (κ1) is 15.7. The third-order valence-corrected chi connectivity index (χ3v) is 3.43. The van der Waals surface area contributed by atoms with Gasteiger partial charge >= 0.3 is 0 Å². The van der Waals surface area contributed by atoms with Gasteiger partial charge in [0, 0.05) is 31.8 Å². The summed E-state index contributed by atoms with van der Waals surface area (Å²) in [7, 11) is 0. The van der Waals surface area contributed by atoms with Gasteiger partial charge in [0.1, 0.15) is 5.75 Å². The summed E-state index contributed by atoms with van der Waals surface area (Å²) in [6.07, 6.45) is 1.49. The van der Waals surface area contributed by atoms with Crippen molar-refractivity contribution < 1.29 is 14.4 Å². The highest BCUT2D eigenvalue weighted by Crippen LogP contribution is 2.17. The van der Waals surface area contributed by atoms with Gasteiger partial charge in [-0.2, -0.15) is 0 Å². The van der Waals surface area contributed by atoms with Gasteiger partial charge in [0.25, 0.3) is 5.69 Å². The molecule has 0 amide bonds. The number of nitro groups is 1. The largest absolute Gasteiger partial charge is 0.494 e. The van der Waals surface area contributed by atoms with Gasteiger partial charge in [-0.15, -0.1) is 0 Å². The molecule has 0 aliphatic carbocycles. The van der Waals surface area contributed by atoms with E-state index in [1.54, 1.807) is 12.1 Å². The van der Waals surface area contributed by atoms with Crippen molar-refractivity contribution >= 4 is 5.69 Å². The van der Waals surface area contributed by atoms with Crippen LogP contribution >= 0.6 is 0 Å². The molecule has 6 heteroatoms. The summed E-state index contributed by atoms with van der Waals surface area (Å²) >= 11 is 0. The topological polar surface area (TPSA) is 64.8 Å². The quantitative estimate of drug-likeness (QED) is 0.458. The predicted octanol–water partition coefficient (Wildman–Crippen LogP) is 2.47. The molecule has 1 aliphatic rings. The third kappa shape index (κ3) is 4.99. The average molecular weight is 294 g/mol. The van der Waals surface area contributed by atoms with Crippen molar-refractivity contribution in [1.29, 1.82) is 0 Å². The second-order valence-electron chi connectivity index (χ2n) is 5.47. The van der Waals surface area contributed by atoms with E-state index in [0.717, 1.165) is 26.1 Å². The van der Waals surface area contributed by atoms with E-state index in [-0.39, 0.29) is 17.9 Å². The number of rotatable bonds is 6. The molecule has 0 N–H and O–H groups in total. The molecule has 0 spiro atoms. The van der Waals surface area contributed by atoms with E-state index in [2.05, 4.69) is 18.7 Å². The minimum absolute atomic E-state index is 0.0821. The Morgan fingerprint density at radius 3 is 2.48 bits per heavy atom. The zero-order valence-corrected chi connectivity index (χ0v) is 12.5. The van der Waals surface area contributed by atoms with E-state index in [4.69, 9.17) is 9.47 Å². The van der Waals surface area contributed by atoms with E-state index in [9.17, 15) is 10.1 Å². The SMILES string of the molecule is C[C@@H]1CN(CCCOc2ccc([N+](=O)[O-])cc2)C[C@@H](C)O1. The van der Waals surface area contributed by atoms with Crippen molar-refractivity contribution in [2.75, 3.05) is 26.2 Å². The van der Waals surface area contributed by atoms with Crippen LogP contribution in [0.1, 0.15) is 20.3 Å². The Bertz CT molecular complexity index is 453. The number of non-ortho nitro benzene ring substituents is 1. The standard InChI is InChI=1S/C15H22N2O4/c1-12-10-16(11-13(2)21-12)8-3-9-20-15-6-4-14(5-7-15)17(18)19/h4-7,12-13H,3,8-11H2,1-2H3/t12-,13-/m1/s1. The first-order chi connectivity index (χ1) is 10.0. The lowest BCUT2D eigenvalue weighted by molar-refractivity contribution is -0.384. The first-order valence-electron chi connectivity index (χ1n) is 7.29. The molecule has 0 radical (unpaired) electrons. The number of ether oxygens (including phenoxy) is 2. The molecule has 116 valence electrons. The van der Waals surface area contributed by atoms with Crippen LogP contribution < -0.4 is 4.74 Å². The van der Waals surface area contributed by atoms with Crippen molar-refractivity contribution in [2.45, 2.75) is 32.5 Å². The van der Waals surface area contributed by atoms with E-state index in [1.807, 2.05) is 0 Å². The lowest BCUT2D eigenvalue weighted by Crippen LogP contribution is -2.45. The molecule has 2 rings (SSSR count). The molecule has 0 aromatic heterocycles. The van der Waals surface area contributed by atoms with Gasteiger partial charge in [0.15, 0.2) is 0 Å². The second kappa shape index (κ2) is 7.38. The van der Waals surface area contributed by atoms with Crippen LogP contribution in [-0.2, 0) is 4.74 Å². The second-order valence-corrected chi connectivity index (χ2v) is 5.47. The van der Waals surface area contributed by atoms with Crippen LogP contribution in [0.25, 0.3) is 0 Å². The van der Waals surface area contributed by atoms with Gasteiger partial charge < -0.3 is 9.47 Å². The summed E-state index contributed by atoms with van der Waals surface area (Å²) in [5.74, 6) is 0.671. The average Bonchev–Trinajstić information content (AvgIpc) is 2.43. The summed E-state index contributed by atoms with van der Waals surface area (Å²) in [6.45, 7) is 7.69. The molecule has 2 atom stereocenters. The van der Waals surface area contributed by atoms with E-state index >= 15 is 0 Å². The van der Waals surface area contributed by atoms with Gasteiger partial charge in [-0.3, -0.25) is 15.0 Å². The summed E-state index contributed by atoms with van der Waals surface area (Å²) in [5, 5.41) is 10.5. The monoisotopic (exact) mass is 294 g/mol. The van der Waals surface area contributed by atoms with Crippen molar-refractivity contribution in [1.82, 2.24) is 4.90 Å². The molecule has 1 aromatic rings. The van der Waals surface area contributed by atoms with Crippen molar-refractivity contribution in [2.24, 2.45) is 0 Å². The Kier molecular flexibility index (Phi) is 5.52. The van der Waals surface area contributed by atoms with Gasteiger partial charge in [0.05, 0.1) is 23.7 Å². The Morgan fingerprint density at radius 1 is 1.29 bits per heavy atom. The lowest BCUT2D eigenvalue weighted by Gasteiger charge is -2.35.